The summed E-state index contributed by atoms with van der Waals surface area (Å²) >= 11 is 0. The van der Waals surface area contributed by atoms with E-state index in [2.05, 4.69) is 4.90 Å². The predicted octanol–water partition coefficient (Wildman–Crippen LogP) is 2.57. The first kappa shape index (κ1) is 14.3. The van der Waals surface area contributed by atoms with Crippen LogP contribution in [0.3, 0.4) is 0 Å². The Labute approximate surface area is 112 Å². The number of rotatable bonds is 5. The summed E-state index contributed by atoms with van der Waals surface area (Å²) in [6, 6.07) is 1.35. The average Bonchev–Trinajstić information content (AvgIpc) is 2.46. The minimum Gasteiger partial charge on any atom is -0.395 e. The van der Waals surface area contributed by atoms with E-state index in [9.17, 15) is 5.11 Å². The van der Waals surface area contributed by atoms with Gasteiger partial charge in [0.2, 0.25) is 0 Å². The Morgan fingerprint density at radius 2 is 1.72 bits per heavy atom. The Morgan fingerprint density at radius 3 is 2.39 bits per heavy atom. The first-order valence-electron chi connectivity index (χ1n) is 7.74. The monoisotopic (exact) mass is 255 g/mol. The zero-order chi connectivity index (χ0) is 12.8. The van der Waals surface area contributed by atoms with E-state index < -0.39 is 0 Å². The Balaban J connectivity index is 1.94. The summed E-state index contributed by atoms with van der Waals surface area (Å²) in [5.74, 6) is 0. The molecule has 0 spiro atoms. The molecule has 2 aliphatic rings. The molecule has 0 amide bonds. The lowest BCUT2D eigenvalue weighted by Gasteiger charge is -2.42. The van der Waals surface area contributed by atoms with Crippen molar-refractivity contribution in [3.63, 3.8) is 0 Å². The molecule has 2 saturated carbocycles. The van der Waals surface area contributed by atoms with E-state index in [-0.39, 0.29) is 0 Å². The number of aliphatic hydroxyl groups is 1. The van der Waals surface area contributed by atoms with Crippen LogP contribution in [0.2, 0.25) is 0 Å². The predicted molar refractivity (Wildman–Crippen MR) is 73.7 cm³/mol. The zero-order valence-electron chi connectivity index (χ0n) is 11.8. The Morgan fingerprint density at radius 1 is 1.00 bits per heavy atom. The van der Waals surface area contributed by atoms with Crippen molar-refractivity contribution in [2.24, 2.45) is 0 Å². The number of aliphatic hydroxyl groups excluding tert-OH is 1. The molecule has 2 rings (SSSR count). The third kappa shape index (κ3) is 3.69. The molecule has 0 radical (unpaired) electrons. The van der Waals surface area contributed by atoms with Crippen molar-refractivity contribution >= 4 is 0 Å². The summed E-state index contributed by atoms with van der Waals surface area (Å²) in [6.45, 7) is 1.15. The molecule has 0 aromatic carbocycles. The van der Waals surface area contributed by atoms with Gasteiger partial charge in [-0.3, -0.25) is 4.90 Å². The van der Waals surface area contributed by atoms with Gasteiger partial charge in [-0.2, -0.15) is 0 Å². The van der Waals surface area contributed by atoms with Gasteiger partial charge in [0.05, 0.1) is 12.7 Å². The summed E-state index contributed by atoms with van der Waals surface area (Å²) in [6.07, 6.45) is 12.2. The molecular formula is C15H29NO2. The van der Waals surface area contributed by atoms with Crippen LogP contribution >= 0.6 is 0 Å². The van der Waals surface area contributed by atoms with Crippen LogP contribution in [0.4, 0.5) is 0 Å². The van der Waals surface area contributed by atoms with Gasteiger partial charge in [0.15, 0.2) is 0 Å². The number of hydrogen-bond acceptors (Lipinski definition) is 3. The topological polar surface area (TPSA) is 32.7 Å². The molecule has 18 heavy (non-hydrogen) atoms. The average molecular weight is 255 g/mol. The second kappa shape index (κ2) is 7.46. The molecule has 0 aliphatic heterocycles. The van der Waals surface area contributed by atoms with Gasteiger partial charge in [0, 0.05) is 25.7 Å². The van der Waals surface area contributed by atoms with Crippen molar-refractivity contribution in [1.29, 1.82) is 0 Å². The second-order valence-corrected chi connectivity index (χ2v) is 5.93. The molecule has 2 unspecified atom stereocenters. The largest absolute Gasteiger partial charge is 0.395 e. The van der Waals surface area contributed by atoms with Crippen molar-refractivity contribution in [2.45, 2.75) is 76.0 Å². The fourth-order valence-electron chi connectivity index (χ4n) is 3.83. The van der Waals surface area contributed by atoms with E-state index in [1.54, 1.807) is 0 Å². The van der Waals surface area contributed by atoms with Crippen molar-refractivity contribution < 1.29 is 9.84 Å². The Kier molecular flexibility index (Phi) is 5.93. The van der Waals surface area contributed by atoms with Crippen molar-refractivity contribution in [2.75, 3.05) is 20.3 Å². The number of methoxy groups -OCH3 is 1. The Bertz CT molecular complexity index is 229. The van der Waals surface area contributed by atoms with Gasteiger partial charge in [-0.15, -0.1) is 0 Å². The summed E-state index contributed by atoms with van der Waals surface area (Å²) in [5, 5.41) is 9.35. The highest BCUT2D eigenvalue weighted by Crippen LogP contribution is 2.30. The summed E-state index contributed by atoms with van der Waals surface area (Å²) in [5.41, 5.74) is 0. The fourth-order valence-corrected chi connectivity index (χ4v) is 3.83. The summed E-state index contributed by atoms with van der Waals surface area (Å²) in [7, 11) is 1.84. The number of nitrogens with zero attached hydrogens (tertiary/aromatic N) is 1. The fraction of sp³-hybridized carbons (Fsp3) is 1.00. The Hall–Kier alpha value is -0.120. The zero-order valence-corrected chi connectivity index (χ0v) is 11.8. The molecule has 0 aromatic rings. The highest BCUT2D eigenvalue weighted by molar-refractivity contribution is 4.86. The van der Waals surface area contributed by atoms with E-state index in [0.717, 1.165) is 13.0 Å². The van der Waals surface area contributed by atoms with Crippen molar-refractivity contribution in [3.8, 4) is 0 Å². The summed E-state index contributed by atoms with van der Waals surface area (Å²) < 4.78 is 5.55. The molecule has 0 heterocycles. The molecule has 0 saturated heterocycles. The normalized spacial score (nSPS) is 30.8. The lowest BCUT2D eigenvalue weighted by atomic mass is 9.87. The van der Waals surface area contributed by atoms with Crippen LogP contribution in [0.25, 0.3) is 0 Å². The summed E-state index contributed by atoms with van der Waals surface area (Å²) in [4.78, 5) is 2.60. The number of hydrogen-bond donors (Lipinski definition) is 1. The van der Waals surface area contributed by atoms with Gasteiger partial charge in [-0.25, -0.2) is 0 Å². The van der Waals surface area contributed by atoms with Gasteiger partial charge in [-0.05, 0) is 38.5 Å². The maximum atomic E-state index is 9.35. The molecule has 2 atom stereocenters. The SMILES string of the molecule is COC1CCCC(N(CCO)C2CCCCC2)C1. The first-order valence-corrected chi connectivity index (χ1v) is 7.74. The molecule has 2 fully saturated rings. The number of ether oxygens (including phenoxy) is 1. The van der Waals surface area contributed by atoms with Crippen LogP contribution in [0.15, 0.2) is 0 Å². The third-order valence-electron chi connectivity index (χ3n) is 4.80. The van der Waals surface area contributed by atoms with E-state index in [4.69, 9.17) is 4.74 Å². The molecule has 106 valence electrons. The standard InChI is InChI=1S/C15H29NO2/c1-18-15-9-5-8-14(12-15)16(10-11-17)13-6-3-2-4-7-13/h13-15,17H,2-12H2,1H3. The molecule has 2 aliphatic carbocycles. The minimum atomic E-state index is 0.296. The third-order valence-corrected chi connectivity index (χ3v) is 4.80. The molecular weight excluding hydrogens is 226 g/mol. The lowest BCUT2D eigenvalue weighted by Crippen LogP contribution is -2.48. The maximum absolute atomic E-state index is 9.35. The highest BCUT2D eigenvalue weighted by Gasteiger charge is 2.31. The van der Waals surface area contributed by atoms with Crippen LogP contribution in [0.1, 0.15) is 57.8 Å². The van der Waals surface area contributed by atoms with Gasteiger partial charge >= 0.3 is 0 Å². The van der Waals surface area contributed by atoms with E-state index in [0.29, 0.717) is 24.8 Å². The van der Waals surface area contributed by atoms with Gasteiger partial charge in [0.1, 0.15) is 0 Å². The second-order valence-electron chi connectivity index (χ2n) is 5.93. The molecule has 0 aromatic heterocycles. The lowest BCUT2D eigenvalue weighted by molar-refractivity contribution is 0.00155. The van der Waals surface area contributed by atoms with Crippen molar-refractivity contribution in [1.82, 2.24) is 4.90 Å². The molecule has 1 N–H and O–H groups in total. The minimum absolute atomic E-state index is 0.296. The van der Waals surface area contributed by atoms with Crippen molar-refractivity contribution in [3.05, 3.63) is 0 Å². The van der Waals surface area contributed by atoms with E-state index in [1.807, 2.05) is 7.11 Å². The highest BCUT2D eigenvalue weighted by atomic mass is 16.5. The molecule has 3 nitrogen and oxygen atoms in total. The van der Waals surface area contributed by atoms with Crippen LogP contribution in [-0.2, 0) is 4.74 Å². The van der Waals surface area contributed by atoms with E-state index >= 15 is 0 Å². The smallest absolute Gasteiger partial charge is 0.0586 e. The van der Waals surface area contributed by atoms with E-state index in [1.165, 1.54) is 51.4 Å². The van der Waals surface area contributed by atoms with Crippen LogP contribution in [0, 0.1) is 0 Å². The first-order chi connectivity index (χ1) is 8.85. The molecule has 0 bridgehead atoms. The quantitative estimate of drug-likeness (QED) is 0.819. The van der Waals surface area contributed by atoms with Crippen LogP contribution < -0.4 is 0 Å². The molecule has 3 heteroatoms. The van der Waals surface area contributed by atoms with Crippen LogP contribution in [0.5, 0.6) is 0 Å². The van der Waals surface area contributed by atoms with Crippen LogP contribution in [-0.4, -0.2) is 48.5 Å². The van der Waals surface area contributed by atoms with Gasteiger partial charge in [0.25, 0.3) is 0 Å². The van der Waals surface area contributed by atoms with Gasteiger partial charge < -0.3 is 9.84 Å². The van der Waals surface area contributed by atoms with Gasteiger partial charge in [-0.1, -0.05) is 19.3 Å². The maximum Gasteiger partial charge on any atom is 0.0586 e.